The van der Waals surface area contributed by atoms with Crippen LogP contribution in [0.25, 0.3) is 0 Å². The Balaban J connectivity index is 2.27. The second-order valence-electron chi connectivity index (χ2n) is 4.56. The van der Waals surface area contributed by atoms with Crippen molar-refractivity contribution in [3.63, 3.8) is 0 Å². The molecule has 0 spiro atoms. The Morgan fingerprint density at radius 1 is 1.53 bits per heavy atom. The maximum atomic E-state index is 11.0. The molecule has 5 nitrogen and oxygen atoms in total. The summed E-state index contributed by atoms with van der Waals surface area (Å²) in [5.41, 5.74) is 1.26. The molecular weight excluding hydrogens is 220 g/mol. The second kappa shape index (κ2) is 4.71. The van der Waals surface area contributed by atoms with Crippen molar-refractivity contribution >= 4 is 11.4 Å². The molecule has 0 amide bonds. The van der Waals surface area contributed by atoms with Gasteiger partial charge in [0.05, 0.1) is 11.5 Å². The summed E-state index contributed by atoms with van der Waals surface area (Å²) in [7, 11) is 1.87. The van der Waals surface area contributed by atoms with Gasteiger partial charge in [0.25, 0.3) is 5.69 Å². The van der Waals surface area contributed by atoms with E-state index in [0.717, 1.165) is 6.54 Å². The Bertz CT molecular complexity index is 430. The van der Waals surface area contributed by atoms with Gasteiger partial charge in [-0.3, -0.25) is 10.1 Å². The zero-order valence-corrected chi connectivity index (χ0v) is 9.80. The second-order valence-corrected chi connectivity index (χ2v) is 4.56. The summed E-state index contributed by atoms with van der Waals surface area (Å²) in [5, 5.41) is 20.0. The molecule has 0 aliphatic heterocycles. The minimum atomic E-state index is -0.391. The Kier molecular flexibility index (Phi) is 3.28. The van der Waals surface area contributed by atoms with Crippen molar-refractivity contribution in [1.29, 1.82) is 0 Å². The van der Waals surface area contributed by atoms with Crippen LogP contribution in [0.2, 0.25) is 0 Å². The summed E-state index contributed by atoms with van der Waals surface area (Å²) in [6, 6.07) is 4.89. The number of hydrogen-bond donors (Lipinski definition) is 1. The summed E-state index contributed by atoms with van der Waals surface area (Å²) in [4.78, 5) is 12.5. The molecular formula is C12H16N2O3. The molecule has 1 aromatic rings. The van der Waals surface area contributed by atoms with Gasteiger partial charge in [-0.2, -0.15) is 0 Å². The van der Waals surface area contributed by atoms with Crippen LogP contribution in [0, 0.1) is 16.0 Å². The molecule has 0 unspecified atom stereocenters. The number of anilines is 1. The Hall–Kier alpha value is -1.62. The molecule has 0 heterocycles. The van der Waals surface area contributed by atoms with Crippen LogP contribution >= 0.6 is 0 Å². The third-order valence-electron chi connectivity index (χ3n) is 3.06. The van der Waals surface area contributed by atoms with Crippen LogP contribution in [0.3, 0.4) is 0 Å². The van der Waals surface area contributed by atoms with Crippen LogP contribution in [0.4, 0.5) is 11.4 Å². The van der Waals surface area contributed by atoms with Crippen molar-refractivity contribution in [2.75, 3.05) is 18.5 Å². The van der Waals surface area contributed by atoms with Gasteiger partial charge in [0.1, 0.15) is 5.69 Å². The number of benzene rings is 1. The van der Waals surface area contributed by atoms with Crippen molar-refractivity contribution in [2.24, 2.45) is 5.92 Å². The van der Waals surface area contributed by atoms with Gasteiger partial charge in [-0.05, 0) is 30.4 Å². The largest absolute Gasteiger partial charge is 0.392 e. The first kappa shape index (κ1) is 11.9. The van der Waals surface area contributed by atoms with Crippen molar-refractivity contribution < 1.29 is 10.0 Å². The highest BCUT2D eigenvalue weighted by Gasteiger charge is 2.25. The lowest BCUT2D eigenvalue weighted by Gasteiger charge is -2.19. The zero-order chi connectivity index (χ0) is 12.4. The highest BCUT2D eigenvalue weighted by atomic mass is 16.6. The van der Waals surface area contributed by atoms with E-state index in [-0.39, 0.29) is 12.3 Å². The summed E-state index contributed by atoms with van der Waals surface area (Å²) in [6.07, 6.45) is 2.43. The normalized spacial score (nSPS) is 14.7. The van der Waals surface area contributed by atoms with Gasteiger partial charge in [0, 0.05) is 19.7 Å². The first-order chi connectivity index (χ1) is 8.11. The van der Waals surface area contributed by atoms with E-state index >= 15 is 0 Å². The monoisotopic (exact) mass is 236 g/mol. The molecule has 17 heavy (non-hydrogen) atoms. The first-order valence-corrected chi connectivity index (χ1v) is 5.71. The highest BCUT2D eigenvalue weighted by Crippen LogP contribution is 2.34. The third-order valence-corrected chi connectivity index (χ3v) is 3.06. The molecule has 1 aromatic carbocycles. The van der Waals surface area contributed by atoms with E-state index in [4.69, 9.17) is 5.11 Å². The van der Waals surface area contributed by atoms with E-state index in [1.165, 1.54) is 18.9 Å². The van der Waals surface area contributed by atoms with Crippen LogP contribution in [-0.4, -0.2) is 23.6 Å². The molecule has 92 valence electrons. The minimum Gasteiger partial charge on any atom is -0.392 e. The van der Waals surface area contributed by atoms with Gasteiger partial charge >= 0.3 is 0 Å². The smallest absolute Gasteiger partial charge is 0.292 e. The van der Waals surface area contributed by atoms with E-state index in [9.17, 15) is 10.1 Å². The molecule has 5 heteroatoms. The lowest BCUT2D eigenvalue weighted by molar-refractivity contribution is -0.384. The van der Waals surface area contributed by atoms with Gasteiger partial charge in [0.2, 0.25) is 0 Å². The quantitative estimate of drug-likeness (QED) is 0.626. The third kappa shape index (κ3) is 2.74. The van der Waals surface area contributed by atoms with Gasteiger partial charge < -0.3 is 10.0 Å². The van der Waals surface area contributed by atoms with Gasteiger partial charge in [-0.15, -0.1) is 0 Å². The van der Waals surface area contributed by atoms with Gasteiger partial charge in [-0.1, -0.05) is 6.07 Å². The lowest BCUT2D eigenvalue weighted by Crippen LogP contribution is -2.21. The Labute approximate surface area is 99.8 Å². The van der Waals surface area contributed by atoms with Crippen LogP contribution in [0.5, 0.6) is 0 Å². The first-order valence-electron chi connectivity index (χ1n) is 5.71. The minimum absolute atomic E-state index is 0.0692. The number of nitro benzene ring substituents is 1. The van der Waals surface area contributed by atoms with E-state index in [1.54, 1.807) is 12.1 Å². The molecule has 0 saturated heterocycles. The average Bonchev–Trinajstić information content (AvgIpc) is 3.12. The average molecular weight is 236 g/mol. The number of hydrogen-bond acceptors (Lipinski definition) is 4. The molecule has 1 aliphatic carbocycles. The maximum Gasteiger partial charge on any atom is 0.292 e. The molecule has 1 N–H and O–H groups in total. The number of nitrogens with zero attached hydrogens (tertiary/aromatic N) is 2. The lowest BCUT2D eigenvalue weighted by atomic mass is 10.1. The van der Waals surface area contributed by atoms with Crippen LogP contribution < -0.4 is 4.90 Å². The molecule has 0 aromatic heterocycles. The molecule has 0 radical (unpaired) electrons. The fourth-order valence-corrected chi connectivity index (χ4v) is 1.92. The Morgan fingerprint density at radius 3 is 2.76 bits per heavy atom. The fourth-order valence-electron chi connectivity index (χ4n) is 1.92. The fraction of sp³-hybridized carbons (Fsp3) is 0.500. The zero-order valence-electron chi connectivity index (χ0n) is 9.80. The summed E-state index contributed by atoms with van der Waals surface area (Å²) in [5.74, 6) is 0.678. The number of nitro groups is 1. The van der Waals surface area contributed by atoms with Gasteiger partial charge in [0.15, 0.2) is 0 Å². The van der Waals surface area contributed by atoms with Crippen molar-refractivity contribution in [3.05, 3.63) is 33.9 Å². The van der Waals surface area contributed by atoms with E-state index in [1.807, 2.05) is 11.9 Å². The number of aliphatic hydroxyl groups excluding tert-OH is 1. The Morgan fingerprint density at radius 2 is 2.24 bits per heavy atom. The summed E-state index contributed by atoms with van der Waals surface area (Å²) >= 11 is 0. The number of aliphatic hydroxyl groups is 1. The van der Waals surface area contributed by atoms with Crippen LogP contribution in [-0.2, 0) is 6.61 Å². The SMILES string of the molecule is CN(CC1CC1)c1ccc(CO)cc1[N+](=O)[O-]. The molecule has 0 bridgehead atoms. The van der Waals surface area contributed by atoms with E-state index in [2.05, 4.69) is 0 Å². The van der Waals surface area contributed by atoms with Crippen molar-refractivity contribution in [3.8, 4) is 0 Å². The summed E-state index contributed by atoms with van der Waals surface area (Å²) < 4.78 is 0. The molecule has 1 fully saturated rings. The van der Waals surface area contributed by atoms with Crippen LogP contribution in [0.1, 0.15) is 18.4 Å². The van der Waals surface area contributed by atoms with E-state index in [0.29, 0.717) is 17.2 Å². The maximum absolute atomic E-state index is 11.0. The standard InChI is InChI=1S/C12H16N2O3/c1-13(7-9-2-3-9)11-5-4-10(8-15)6-12(11)14(16)17/h4-6,9,15H,2-3,7-8H2,1H3. The predicted octanol–water partition coefficient (Wildman–Crippen LogP) is 1.93. The van der Waals surface area contributed by atoms with Crippen molar-refractivity contribution in [2.45, 2.75) is 19.4 Å². The highest BCUT2D eigenvalue weighted by molar-refractivity contribution is 5.64. The molecule has 1 saturated carbocycles. The van der Waals surface area contributed by atoms with Crippen molar-refractivity contribution in [1.82, 2.24) is 0 Å². The summed E-state index contributed by atoms with van der Waals surface area (Å²) in [6.45, 7) is 0.687. The topological polar surface area (TPSA) is 66.6 Å². The van der Waals surface area contributed by atoms with E-state index < -0.39 is 4.92 Å². The predicted molar refractivity (Wildman–Crippen MR) is 65.0 cm³/mol. The molecule has 0 atom stereocenters. The van der Waals surface area contributed by atoms with Gasteiger partial charge in [-0.25, -0.2) is 0 Å². The number of rotatable bonds is 5. The molecule has 1 aliphatic rings. The van der Waals surface area contributed by atoms with Crippen LogP contribution in [0.15, 0.2) is 18.2 Å². The molecule has 2 rings (SSSR count).